The summed E-state index contributed by atoms with van der Waals surface area (Å²) in [7, 11) is 0. The topological polar surface area (TPSA) is 29.5 Å². The largest absolute Gasteiger partial charge is 0.493 e. The van der Waals surface area contributed by atoms with Gasteiger partial charge in [0, 0.05) is 12.0 Å². The highest BCUT2D eigenvalue weighted by Gasteiger charge is 2.27. The molecule has 2 aliphatic rings. The van der Waals surface area contributed by atoms with Crippen LogP contribution in [-0.2, 0) is 6.42 Å². The molecule has 2 heteroatoms. The van der Waals surface area contributed by atoms with Crippen molar-refractivity contribution in [3.63, 3.8) is 0 Å². The van der Waals surface area contributed by atoms with E-state index in [-0.39, 0.29) is 6.10 Å². The number of fused-ring (bicyclic) bond motifs is 1. The molecule has 18 heavy (non-hydrogen) atoms. The zero-order valence-corrected chi connectivity index (χ0v) is 10.9. The summed E-state index contributed by atoms with van der Waals surface area (Å²) >= 11 is 0. The first-order chi connectivity index (χ1) is 8.86. The van der Waals surface area contributed by atoms with Crippen LogP contribution < -0.4 is 4.74 Å². The van der Waals surface area contributed by atoms with Crippen LogP contribution in [0.2, 0.25) is 0 Å². The van der Waals surface area contributed by atoms with Gasteiger partial charge in [-0.2, -0.15) is 0 Å². The average molecular weight is 246 g/mol. The lowest BCUT2D eigenvalue weighted by Crippen LogP contribution is -2.13. The molecule has 1 aromatic rings. The van der Waals surface area contributed by atoms with Crippen LogP contribution in [0.5, 0.6) is 5.75 Å². The van der Waals surface area contributed by atoms with Gasteiger partial charge in [0.15, 0.2) is 0 Å². The average Bonchev–Trinajstić information content (AvgIpc) is 2.71. The van der Waals surface area contributed by atoms with Crippen molar-refractivity contribution in [3.8, 4) is 5.75 Å². The predicted octanol–water partition coefficient (Wildman–Crippen LogP) is 3.63. The van der Waals surface area contributed by atoms with Crippen molar-refractivity contribution in [2.45, 2.75) is 51.0 Å². The number of aliphatic hydroxyl groups is 1. The van der Waals surface area contributed by atoms with Crippen molar-refractivity contribution in [1.29, 1.82) is 0 Å². The lowest BCUT2D eigenvalue weighted by atomic mass is 9.88. The molecular weight excluding hydrogens is 224 g/mol. The highest BCUT2D eigenvalue weighted by molar-refractivity contribution is 5.45. The SMILES string of the molecule is OC(c1cccc2c1OCC2)C1CCCCCC1. The molecule has 2 nitrogen and oxygen atoms in total. The Bertz CT molecular complexity index is 406. The molecule has 0 spiro atoms. The summed E-state index contributed by atoms with van der Waals surface area (Å²) in [5.74, 6) is 1.39. The lowest BCUT2D eigenvalue weighted by molar-refractivity contribution is 0.0959. The molecule has 0 aromatic heterocycles. The zero-order valence-electron chi connectivity index (χ0n) is 10.9. The van der Waals surface area contributed by atoms with Crippen LogP contribution in [0.1, 0.15) is 55.8 Å². The minimum absolute atomic E-state index is 0.337. The third-order valence-electron chi connectivity index (χ3n) is 4.41. The molecule has 0 radical (unpaired) electrons. The van der Waals surface area contributed by atoms with Gasteiger partial charge < -0.3 is 9.84 Å². The van der Waals surface area contributed by atoms with Gasteiger partial charge in [0.1, 0.15) is 5.75 Å². The van der Waals surface area contributed by atoms with Crippen molar-refractivity contribution in [1.82, 2.24) is 0 Å². The molecule has 0 amide bonds. The minimum Gasteiger partial charge on any atom is -0.493 e. The number of hydrogen-bond acceptors (Lipinski definition) is 2. The maximum atomic E-state index is 10.7. The van der Waals surface area contributed by atoms with Crippen LogP contribution in [-0.4, -0.2) is 11.7 Å². The van der Waals surface area contributed by atoms with Gasteiger partial charge in [0.25, 0.3) is 0 Å². The van der Waals surface area contributed by atoms with Gasteiger partial charge in [-0.05, 0) is 24.3 Å². The first kappa shape index (κ1) is 12.0. The number of ether oxygens (including phenoxy) is 1. The van der Waals surface area contributed by atoms with Gasteiger partial charge in [0.05, 0.1) is 12.7 Å². The van der Waals surface area contributed by atoms with Crippen LogP contribution in [0.15, 0.2) is 18.2 Å². The zero-order chi connectivity index (χ0) is 12.4. The quantitative estimate of drug-likeness (QED) is 0.807. The third kappa shape index (κ3) is 2.26. The maximum absolute atomic E-state index is 10.7. The van der Waals surface area contributed by atoms with E-state index >= 15 is 0 Å². The molecule has 3 rings (SSSR count). The van der Waals surface area contributed by atoms with Crippen LogP contribution in [0.25, 0.3) is 0 Å². The van der Waals surface area contributed by atoms with Crippen molar-refractivity contribution >= 4 is 0 Å². The summed E-state index contributed by atoms with van der Waals surface area (Å²) in [6.45, 7) is 0.768. The van der Waals surface area contributed by atoms with Gasteiger partial charge in [-0.3, -0.25) is 0 Å². The lowest BCUT2D eigenvalue weighted by Gasteiger charge is -2.23. The van der Waals surface area contributed by atoms with Crippen molar-refractivity contribution in [2.75, 3.05) is 6.61 Å². The molecule has 1 fully saturated rings. The smallest absolute Gasteiger partial charge is 0.128 e. The fraction of sp³-hybridized carbons (Fsp3) is 0.625. The molecule has 1 N–H and O–H groups in total. The van der Waals surface area contributed by atoms with E-state index in [9.17, 15) is 5.11 Å². The van der Waals surface area contributed by atoms with Crippen LogP contribution in [0.3, 0.4) is 0 Å². The Hall–Kier alpha value is -1.02. The summed E-state index contributed by atoms with van der Waals surface area (Å²) in [5, 5.41) is 10.7. The molecule has 1 atom stereocenters. The second-order valence-corrected chi connectivity index (χ2v) is 5.63. The number of aliphatic hydroxyl groups excluding tert-OH is 1. The number of rotatable bonds is 2. The highest BCUT2D eigenvalue weighted by atomic mass is 16.5. The van der Waals surface area contributed by atoms with Gasteiger partial charge >= 0.3 is 0 Å². The molecule has 0 saturated heterocycles. The van der Waals surface area contributed by atoms with Crippen LogP contribution >= 0.6 is 0 Å². The second-order valence-electron chi connectivity index (χ2n) is 5.63. The number of para-hydroxylation sites is 1. The molecule has 1 aromatic carbocycles. The van der Waals surface area contributed by atoms with Gasteiger partial charge in [-0.15, -0.1) is 0 Å². The number of hydrogen-bond donors (Lipinski definition) is 1. The van der Waals surface area contributed by atoms with Crippen molar-refractivity contribution in [3.05, 3.63) is 29.3 Å². The van der Waals surface area contributed by atoms with E-state index in [0.29, 0.717) is 5.92 Å². The third-order valence-corrected chi connectivity index (χ3v) is 4.41. The van der Waals surface area contributed by atoms with Crippen LogP contribution in [0, 0.1) is 5.92 Å². The van der Waals surface area contributed by atoms with Crippen LogP contribution in [0.4, 0.5) is 0 Å². The molecule has 98 valence electrons. The Morgan fingerprint density at radius 2 is 1.89 bits per heavy atom. The molecule has 0 bridgehead atoms. The Morgan fingerprint density at radius 3 is 2.67 bits per heavy atom. The monoisotopic (exact) mass is 246 g/mol. The second kappa shape index (κ2) is 5.31. The minimum atomic E-state index is -0.337. The normalized spacial score (nSPS) is 22.1. The molecule has 1 unspecified atom stereocenters. The fourth-order valence-corrected chi connectivity index (χ4v) is 3.35. The van der Waals surface area contributed by atoms with Gasteiger partial charge in [-0.1, -0.05) is 43.9 Å². The van der Waals surface area contributed by atoms with E-state index in [1.807, 2.05) is 6.07 Å². The number of benzene rings is 1. The van der Waals surface area contributed by atoms with E-state index < -0.39 is 0 Å². The molecule has 1 heterocycles. The summed E-state index contributed by atoms with van der Waals surface area (Å²) in [6.07, 6.45) is 8.14. The summed E-state index contributed by atoms with van der Waals surface area (Å²) in [4.78, 5) is 0. The standard InChI is InChI=1S/C16H22O2/c17-15(12-6-3-1-2-4-7-12)14-9-5-8-13-10-11-18-16(13)14/h5,8-9,12,15,17H,1-4,6-7,10-11H2. The van der Waals surface area contributed by atoms with Gasteiger partial charge in [-0.25, -0.2) is 0 Å². The Morgan fingerprint density at radius 1 is 1.11 bits per heavy atom. The highest BCUT2D eigenvalue weighted by Crippen LogP contribution is 2.40. The van der Waals surface area contributed by atoms with E-state index in [1.54, 1.807) is 0 Å². The van der Waals surface area contributed by atoms with E-state index in [1.165, 1.54) is 31.2 Å². The first-order valence-corrected chi connectivity index (χ1v) is 7.29. The Labute approximate surface area is 109 Å². The predicted molar refractivity (Wildman–Crippen MR) is 71.8 cm³/mol. The maximum Gasteiger partial charge on any atom is 0.128 e. The first-order valence-electron chi connectivity index (χ1n) is 7.29. The summed E-state index contributed by atoms with van der Waals surface area (Å²) in [5.41, 5.74) is 2.29. The van der Waals surface area contributed by atoms with Gasteiger partial charge in [0.2, 0.25) is 0 Å². The Balaban J connectivity index is 1.83. The molecule has 1 saturated carbocycles. The fourth-order valence-electron chi connectivity index (χ4n) is 3.35. The van der Waals surface area contributed by atoms with E-state index in [2.05, 4.69) is 12.1 Å². The summed E-state index contributed by atoms with van der Waals surface area (Å²) < 4.78 is 5.71. The van der Waals surface area contributed by atoms with Crippen molar-refractivity contribution < 1.29 is 9.84 Å². The Kier molecular flexibility index (Phi) is 3.55. The summed E-state index contributed by atoms with van der Waals surface area (Å²) in [6, 6.07) is 6.22. The van der Waals surface area contributed by atoms with E-state index in [0.717, 1.165) is 37.2 Å². The molecule has 1 aliphatic carbocycles. The molecular formula is C16H22O2. The van der Waals surface area contributed by atoms with E-state index in [4.69, 9.17) is 4.74 Å². The van der Waals surface area contributed by atoms with Crippen molar-refractivity contribution in [2.24, 2.45) is 5.92 Å². The molecule has 1 aliphatic heterocycles.